The molecule has 0 atom stereocenters. The lowest BCUT2D eigenvalue weighted by molar-refractivity contribution is -0.118. The zero-order valence-corrected chi connectivity index (χ0v) is 14.2. The van der Waals surface area contributed by atoms with Crippen molar-refractivity contribution in [2.45, 2.75) is 12.8 Å². The maximum atomic E-state index is 12.5. The van der Waals surface area contributed by atoms with Crippen LogP contribution in [0.1, 0.15) is 22.3 Å². The Morgan fingerprint density at radius 2 is 1.80 bits per heavy atom. The van der Waals surface area contributed by atoms with Crippen LogP contribution in [0, 0.1) is 0 Å². The maximum Gasteiger partial charge on any atom is 0.255 e. The Kier molecular flexibility index (Phi) is 6.98. The van der Waals surface area contributed by atoms with Gasteiger partial charge in [-0.3, -0.25) is 9.59 Å². The summed E-state index contributed by atoms with van der Waals surface area (Å²) in [6.07, 6.45) is 0.953. The van der Waals surface area contributed by atoms with Crippen molar-refractivity contribution in [3.8, 4) is 5.75 Å². The summed E-state index contributed by atoms with van der Waals surface area (Å²) in [7, 11) is 1.88. The van der Waals surface area contributed by atoms with Crippen molar-refractivity contribution in [3.63, 3.8) is 0 Å². The van der Waals surface area contributed by atoms with E-state index in [2.05, 4.69) is 10.6 Å². The molecule has 4 N–H and O–H groups in total. The Morgan fingerprint density at radius 3 is 2.48 bits per heavy atom. The highest BCUT2D eigenvalue weighted by molar-refractivity contribution is 6.05. The van der Waals surface area contributed by atoms with E-state index in [0.717, 1.165) is 18.5 Å². The summed E-state index contributed by atoms with van der Waals surface area (Å²) in [5, 5.41) is 5.97. The van der Waals surface area contributed by atoms with Crippen LogP contribution >= 0.6 is 0 Å². The van der Waals surface area contributed by atoms with Crippen LogP contribution in [0.2, 0.25) is 0 Å². The SMILES string of the molecule is CNCCc1ccccc1C(=O)Nc1ccc(OCCC(N)=O)cc1. The number of anilines is 1. The number of hydrogen-bond donors (Lipinski definition) is 3. The topological polar surface area (TPSA) is 93.4 Å². The number of benzene rings is 2. The number of hydrogen-bond acceptors (Lipinski definition) is 4. The van der Waals surface area contributed by atoms with Crippen LogP contribution in [0.4, 0.5) is 5.69 Å². The van der Waals surface area contributed by atoms with Crippen LogP contribution in [-0.2, 0) is 11.2 Å². The lowest BCUT2D eigenvalue weighted by atomic mass is 10.0. The fourth-order valence-electron chi connectivity index (χ4n) is 2.32. The Morgan fingerprint density at radius 1 is 1.08 bits per heavy atom. The highest BCUT2D eigenvalue weighted by Gasteiger charge is 2.11. The van der Waals surface area contributed by atoms with E-state index in [9.17, 15) is 9.59 Å². The molecule has 0 bridgehead atoms. The van der Waals surface area contributed by atoms with Crippen molar-refractivity contribution in [1.29, 1.82) is 0 Å². The summed E-state index contributed by atoms with van der Waals surface area (Å²) in [5.74, 6) is 0.0728. The number of carbonyl (C=O) groups is 2. The first-order chi connectivity index (χ1) is 12.1. The standard InChI is InChI=1S/C19H23N3O3/c1-21-12-10-14-4-2-3-5-17(14)19(24)22-15-6-8-16(9-7-15)25-13-11-18(20)23/h2-9,21H,10-13H2,1H3,(H2,20,23)(H,22,24). The first-order valence-electron chi connectivity index (χ1n) is 8.15. The van der Waals surface area contributed by atoms with E-state index in [1.807, 2.05) is 31.3 Å². The number of nitrogens with one attached hydrogen (secondary N) is 2. The molecule has 0 unspecified atom stereocenters. The van der Waals surface area contributed by atoms with Crippen molar-refractivity contribution in [2.24, 2.45) is 5.73 Å². The van der Waals surface area contributed by atoms with Crippen molar-refractivity contribution in [3.05, 3.63) is 59.7 Å². The third-order valence-corrected chi connectivity index (χ3v) is 3.64. The monoisotopic (exact) mass is 341 g/mol. The van der Waals surface area contributed by atoms with Gasteiger partial charge in [0.2, 0.25) is 5.91 Å². The van der Waals surface area contributed by atoms with Gasteiger partial charge in [0.1, 0.15) is 5.75 Å². The molecule has 0 aliphatic rings. The molecule has 0 saturated heterocycles. The molecule has 0 aliphatic heterocycles. The Bertz CT molecular complexity index is 714. The van der Waals surface area contributed by atoms with E-state index >= 15 is 0 Å². The second-order valence-corrected chi connectivity index (χ2v) is 5.55. The summed E-state index contributed by atoms with van der Waals surface area (Å²) >= 11 is 0. The van der Waals surface area contributed by atoms with E-state index in [4.69, 9.17) is 10.5 Å². The first kappa shape index (κ1) is 18.5. The molecular formula is C19H23N3O3. The molecular weight excluding hydrogens is 318 g/mol. The molecule has 2 aromatic carbocycles. The predicted molar refractivity (Wildman–Crippen MR) is 97.8 cm³/mol. The highest BCUT2D eigenvalue weighted by Crippen LogP contribution is 2.18. The number of ether oxygens (including phenoxy) is 1. The molecule has 0 aromatic heterocycles. The fraction of sp³-hybridized carbons (Fsp3) is 0.263. The maximum absolute atomic E-state index is 12.5. The van der Waals surface area contributed by atoms with Crippen LogP contribution in [0.15, 0.2) is 48.5 Å². The zero-order valence-electron chi connectivity index (χ0n) is 14.2. The predicted octanol–water partition coefficient (Wildman–Crippen LogP) is 1.95. The molecule has 2 aromatic rings. The molecule has 0 heterocycles. The molecule has 25 heavy (non-hydrogen) atoms. The van der Waals surface area contributed by atoms with Crippen LogP contribution in [-0.4, -0.2) is 32.0 Å². The van der Waals surface area contributed by atoms with Crippen LogP contribution in [0.5, 0.6) is 5.75 Å². The lowest BCUT2D eigenvalue weighted by Gasteiger charge is -2.11. The van der Waals surface area contributed by atoms with Gasteiger partial charge in [-0.15, -0.1) is 0 Å². The summed E-state index contributed by atoms with van der Waals surface area (Å²) in [5.41, 5.74) is 7.41. The molecule has 6 nitrogen and oxygen atoms in total. The van der Waals surface area contributed by atoms with Crippen LogP contribution in [0.3, 0.4) is 0 Å². The van der Waals surface area contributed by atoms with Gasteiger partial charge in [-0.1, -0.05) is 18.2 Å². The molecule has 2 amide bonds. The number of primary amides is 1. The van der Waals surface area contributed by atoms with Crippen molar-refractivity contribution < 1.29 is 14.3 Å². The molecule has 132 valence electrons. The summed E-state index contributed by atoms with van der Waals surface area (Å²) in [4.78, 5) is 23.2. The van der Waals surface area contributed by atoms with E-state index in [-0.39, 0.29) is 18.9 Å². The molecule has 0 aliphatic carbocycles. The van der Waals surface area contributed by atoms with Crippen molar-refractivity contribution in [1.82, 2.24) is 5.32 Å². The van der Waals surface area contributed by atoms with E-state index in [0.29, 0.717) is 17.0 Å². The first-order valence-corrected chi connectivity index (χ1v) is 8.15. The van der Waals surface area contributed by atoms with Gasteiger partial charge in [0, 0.05) is 11.3 Å². The molecule has 0 fully saturated rings. The van der Waals surface area contributed by atoms with Crippen LogP contribution < -0.4 is 21.1 Å². The second-order valence-electron chi connectivity index (χ2n) is 5.55. The highest BCUT2D eigenvalue weighted by atomic mass is 16.5. The third kappa shape index (κ3) is 5.93. The minimum atomic E-state index is -0.402. The Balaban J connectivity index is 1.97. The van der Waals surface area contributed by atoms with Gasteiger partial charge in [0.15, 0.2) is 0 Å². The number of amides is 2. The van der Waals surface area contributed by atoms with E-state index in [1.54, 1.807) is 24.3 Å². The minimum absolute atomic E-state index is 0.144. The summed E-state index contributed by atoms with van der Waals surface area (Å²) < 4.78 is 5.40. The van der Waals surface area contributed by atoms with Gasteiger partial charge in [-0.25, -0.2) is 0 Å². The number of likely N-dealkylation sites (N-methyl/N-ethyl adjacent to an activating group) is 1. The lowest BCUT2D eigenvalue weighted by Crippen LogP contribution is -2.17. The largest absolute Gasteiger partial charge is 0.493 e. The average Bonchev–Trinajstić information content (AvgIpc) is 2.61. The average molecular weight is 341 g/mol. The van der Waals surface area contributed by atoms with Gasteiger partial charge in [0.25, 0.3) is 5.91 Å². The van der Waals surface area contributed by atoms with Crippen molar-refractivity contribution in [2.75, 3.05) is 25.5 Å². The smallest absolute Gasteiger partial charge is 0.255 e. The molecule has 0 spiro atoms. The number of carbonyl (C=O) groups excluding carboxylic acids is 2. The normalized spacial score (nSPS) is 10.3. The zero-order chi connectivity index (χ0) is 18.1. The van der Waals surface area contributed by atoms with Gasteiger partial charge < -0.3 is 21.1 Å². The van der Waals surface area contributed by atoms with Gasteiger partial charge in [-0.2, -0.15) is 0 Å². The summed E-state index contributed by atoms with van der Waals surface area (Å²) in [6.45, 7) is 1.04. The fourth-order valence-corrected chi connectivity index (χ4v) is 2.32. The Hall–Kier alpha value is -2.86. The quantitative estimate of drug-likeness (QED) is 0.650. The minimum Gasteiger partial charge on any atom is -0.493 e. The number of rotatable bonds is 9. The van der Waals surface area contributed by atoms with Gasteiger partial charge >= 0.3 is 0 Å². The second kappa shape index (κ2) is 9.44. The molecule has 0 saturated carbocycles. The van der Waals surface area contributed by atoms with Gasteiger partial charge in [0.05, 0.1) is 13.0 Å². The summed E-state index contributed by atoms with van der Waals surface area (Å²) in [6, 6.07) is 14.6. The van der Waals surface area contributed by atoms with E-state index < -0.39 is 5.91 Å². The third-order valence-electron chi connectivity index (χ3n) is 3.64. The van der Waals surface area contributed by atoms with Crippen LogP contribution in [0.25, 0.3) is 0 Å². The molecule has 2 rings (SSSR count). The molecule has 6 heteroatoms. The number of nitrogens with two attached hydrogens (primary N) is 1. The van der Waals surface area contributed by atoms with Crippen molar-refractivity contribution >= 4 is 17.5 Å². The van der Waals surface area contributed by atoms with E-state index in [1.165, 1.54) is 0 Å². The van der Waals surface area contributed by atoms with Gasteiger partial charge in [-0.05, 0) is 55.9 Å². The molecule has 0 radical (unpaired) electrons. The Labute approximate surface area is 147 Å².